The number of hydrogen-bond donors (Lipinski definition) is 2. The van der Waals surface area contributed by atoms with Crippen molar-refractivity contribution in [2.45, 2.75) is 23.3 Å². The molecule has 2 rings (SSSR count). The molecule has 0 amide bonds. The predicted molar refractivity (Wildman–Crippen MR) is 107 cm³/mol. The number of phenolic OH excluding ortho intramolecular Hbond substituents is 1. The third-order valence-electron chi connectivity index (χ3n) is 3.53. The van der Waals surface area contributed by atoms with Gasteiger partial charge >= 0.3 is 5.97 Å². The van der Waals surface area contributed by atoms with E-state index in [0.717, 1.165) is 0 Å². The van der Waals surface area contributed by atoms with E-state index in [0.29, 0.717) is 0 Å². The van der Waals surface area contributed by atoms with Crippen LogP contribution >= 0.6 is 35.6 Å². The number of ether oxygens (including phenoxy) is 2. The van der Waals surface area contributed by atoms with Gasteiger partial charge in [0.05, 0.1) is 21.4 Å². The highest BCUT2D eigenvalue weighted by Crippen LogP contribution is 2.39. The maximum Gasteiger partial charge on any atom is 0.344 e. The van der Waals surface area contributed by atoms with Crippen LogP contribution in [0.15, 0.2) is 40.1 Å². The first-order valence-electron chi connectivity index (χ1n) is 7.75. The molecule has 0 aliphatic rings. The third-order valence-corrected chi connectivity index (χ3v) is 6.30. The maximum absolute atomic E-state index is 12.9. The number of phenols is 1. The van der Waals surface area contributed by atoms with E-state index in [1.165, 1.54) is 30.3 Å². The Morgan fingerprint density at radius 1 is 1.18 bits per heavy atom. The second kappa shape index (κ2) is 10.2. The predicted octanol–water partition coefficient (Wildman–Crippen LogP) is 3.35. The molecule has 0 saturated carbocycles. The molecule has 0 aliphatic carbocycles. The van der Waals surface area contributed by atoms with Gasteiger partial charge in [0.1, 0.15) is 16.5 Å². The van der Waals surface area contributed by atoms with Crippen molar-refractivity contribution in [3.63, 3.8) is 0 Å². The van der Waals surface area contributed by atoms with Gasteiger partial charge in [0.15, 0.2) is 6.61 Å². The van der Waals surface area contributed by atoms with Crippen molar-refractivity contribution >= 4 is 51.4 Å². The Morgan fingerprint density at radius 3 is 2.46 bits per heavy atom. The lowest BCUT2D eigenvalue weighted by molar-refractivity contribution is -0.145. The summed E-state index contributed by atoms with van der Waals surface area (Å²) in [5.74, 6) is -0.662. The molecule has 2 aromatic rings. The number of carbonyl (C=O) groups is 1. The summed E-state index contributed by atoms with van der Waals surface area (Å²) in [6.45, 7) is 1.42. The van der Waals surface area contributed by atoms with Crippen LogP contribution in [0.3, 0.4) is 0 Å². The Kier molecular flexibility index (Phi) is 8.84. The lowest BCUT2D eigenvalue weighted by Crippen LogP contribution is -2.15. The number of aromatic hydroxyl groups is 1. The number of hydrogen-bond acceptors (Lipinski definition) is 7. The number of benzene rings is 2. The average Bonchev–Trinajstić information content (AvgIpc) is 2.63. The number of nitrogens with two attached hydrogens (primary N) is 1. The molecule has 0 aromatic heterocycles. The highest BCUT2D eigenvalue weighted by Gasteiger charge is 2.25. The average molecular weight is 471 g/mol. The van der Waals surface area contributed by atoms with Gasteiger partial charge < -0.3 is 20.3 Å². The first-order chi connectivity index (χ1) is 12.7. The number of sulfone groups is 1. The van der Waals surface area contributed by atoms with E-state index in [1.54, 1.807) is 6.92 Å². The van der Waals surface area contributed by atoms with Gasteiger partial charge in [-0.15, -0.1) is 12.4 Å². The van der Waals surface area contributed by atoms with Crippen LogP contribution in [0, 0.1) is 0 Å². The SMILES string of the molecule is CCOC(=O)COc1ccc(S(=O)(=O)c2ccc(O)c(CN)c2)c(Cl)c1Cl.Cl. The summed E-state index contributed by atoms with van der Waals surface area (Å²) in [7, 11) is -4.03. The third kappa shape index (κ3) is 5.21. The van der Waals surface area contributed by atoms with Crippen molar-refractivity contribution in [2.24, 2.45) is 5.73 Å². The fraction of sp³-hybridized carbons (Fsp3) is 0.235. The fourth-order valence-electron chi connectivity index (χ4n) is 2.19. The Morgan fingerprint density at radius 2 is 1.86 bits per heavy atom. The Hall–Kier alpha value is -1.71. The van der Waals surface area contributed by atoms with Crippen LogP contribution in [0.4, 0.5) is 0 Å². The number of carbonyl (C=O) groups excluding carboxylic acids is 1. The minimum absolute atomic E-state index is 0. The minimum atomic E-state index is -4.03. The summed E-state index contributed by atoms with van der Waals surface area (Å²) in [6, 6.07) is 6.25. The molecule has 11 heteroatoms. The highest BCUT2D eigenvalue weighted by atomic mass is 35.5. The molecule has 0 spiro atoms. The molecule has 154 valence electrons. The summed E-state index contributed by atoms with van der Waals surface area (Å²) in [5.41, 5.74) is 5.77. The van der Waals surface area contributed by atoms with E-state index >= 15 is 0 Å². The molecule has 0 unspecified atom stereocenters. The van der Waals surface area contributed by atoms with Crippen molar-refractivity contribution in [3.8, 4) is 11.5 Å². The first kappa shape index (κ1) is 24.3. The topological polar surface area (TPSA) is 116 Å². The second-order valence-electron chi connectivity index (χ2n) is 5.28. The minimum Gasteiger partial charge on any atom is -0.508 e. The molecule has 2 aromatic carbocycles. The summed E-state index contributed by atoms with van der Waals surface area (Å²) in [4.78, 5) is 11.0. The molecule has 0 atom stereocenters. The fourth-order valence-corrected chi connectivity index (χ4v) is 4.31. The van der Waals surface area contributed by atoms with E-state index in [4.69, 9.17) is 38.4 Å². The van der Waals surface area contributed by atoms with Crippen molar-refractivity contribution in [3.05, 3.63) is 45.9 Å². The number of rotatable bonds is 7. The summed E-state index contributed by atoms with van der Waals surface area (Å²) < 4.78 is 35.7. The van der Waals surface area contributed by atoms with Crippen molar-refractivity contribution in [1.29, 1.82) is 0 Å². The zero-order chi connectivity index (χ0) is 20.2. The second-order valence-corrected chi connectivity index (χ2v) is 7.96. The van der Waals surface area contributed by atoms with Crippen LogP contribution in [0.5, 0.6) is 11.5 Å². The van der Waals surface area contributed by atoms with E-state index in [1.807, 2.05) is 0 Å². The van der Waals surface area contributed by atoms with Gasteiger partial charge in [-0.3, -0.25) is 0 Å². The van der Waals surface area contributed by atoms with E-state index < -0.39 is 22.4 Å². The molecule has 0 aliphatic heterocycles. The van der Waals surface area contributed by atoms with Crippen LogP contribution in [-0.4, -0.2) is 32.7 Å². The molecule has 7 nitrogen and oxygen atoms in total. The molecule has 28 heavy (non-hydrogen) atoms. The molecule has 0 fully saturated rings. The van der Waals surface area contributed by atoms with Gasteiger partial charge in [-0.1, -0.05) is 23.2 Å². The van der Waals surface area contributed by atoms with Gasteiger partial charge in [-0.25, -0.2) is 13.2 Å². The van der Waals surface area contributed by atoms with Gasteiger partial charge in [0.2, 0.25) is 9.84 Å². The van der Waals surface area contributed by atoms with E-state index in [2.05, 4.69) is 0 Å². The molecular formula is C17H18Cl3NO6S. The van der Waals surface area contributed by atoms with Gasteiger partial charge in [-0.05, 0) is 37.3 Å². The van der Waals surface area contributed by atoms with Crippen molar-refractivity contribution < 1.29 is 27.8 Å². The van der Waals surface area contributed by atoms with E-state index in [-0.39, 0.29) is 62.5 Å². The summed E-state index contributed by atoms with van der Waals surface area (Å²) in [6.07, 6.45) is 0. The summed E-state index contributed by atoms with van der Waals surface area (Å²) >= 11 is 12.2. The lowest BCUT2D eigenvalue weighted by atomic mass is 10.2. The molecule has 0 heterocycles. The van der Waals surface area contributed by atoms with Gasteiger partial charge in [-0.2, -0.15) is 0 Å². The molecule has 0 radical (unpaired) electrons. The molecule has 3 N–H and O–H groups in total. The van der Waals surface area contributed by atoms with Crippen molar-refractivity contribution in [1.82, 2.24) is 0 Å². The standard InChI is InChI=1S/C17H17Cl2NO6S.ClH/c1-2-25-15(22)9-26-13-5-6-14(17(19)16(13)18)27(23,24)11-3-4-12(21)10(7-11)8-20;/h3-7,21H,2,8-9,20H2,1H3;1H. The van der Waals surface area contributed by atoms with Crippen LogP contribution in [0.1, 0.15) is 12.5 Å². The first-order valence-corrected chi connectivity index (χ1v) is 9.99. The monoisotopic (exact) mass is 469 g/mol. The Balaban J connectivity index is 0.00000392. The van der Waals surface area contributed by atoms with Crippen LogP contribution in [-0.2, 0) is 25.9 Å². The Bertz CT molecular complexity index is 966. The lowest BCUT2D eigenvalue weighted by Gasteiger charge is -2.13. The quantitative estimate of drug-likeness (QED) is 0.596. The highest BCUT2D eigenvalue weighted by molar-refractivity contribution is 7.91. The van der Waals surface area contributed by atoms with E-state index in [9.17, 15) is 18.3 Å². The normalized spacial score (nSPS) is 10.9. The molecular weight excluding hydrogens is 453 g/mol. The zero-order valence-corrected chi connectivity index (χ0v) is 17.8. The Labute approximate surface area is 178 Å². The summed E-state index contributed by atoms with van der Waals surface area (Å²) in [5, 5.41) is 9.27. The number of halogens is 3. The van der Waals surface area contributed by atoms with Crippen LogP contribution in [0.25, 0.3) is 0 Å². The zero-order valence-electron chi connectivity index (χ0n) is 14.6. The largest absolute Gasteiger partial charge is 0.508 e. The van der Waals surface area contributed by atoms with Crippen LogP contribution < -0.4 is 10.5 Å². The van der Waals surface area contributed by atoms with Crippen LogP contribution in [0.2, 0.25) is 10.0 Å². The number of esters is 1. The van der Waals surface area contributed by atoms with Gasteiger partial charge in [0, 0.05) is 12.1 Å². The maximum atomic E-state index is 12.9. The van der Waals surface area contributed by atoms with Gasteiger partial charge in [0.25, 0.3) is 0 Å². The molecule has 0 bridgehead atoms. The molecule has 0 saturated heterocycles. The van der Waals surface area contributed by atoms with Crippen molar-refractivity contribution in [2.75, 3.05) is 13.2 Å². The smallest absolute Gasteiger partial charge is 0.344 e.